The fraction of sp³-hybridized carbons (Fsp3) is 0.143. The van der Waals surface area contributed by atoms with Gasteiger partial charge >= 0.3 is 0 Å². The van der Waals surface area contributed by atoms with Crippen LogP contribution in [0.15, 0.2) is 36.4 Å². The van der Waals surface area contributed by atoms with Crippen molar-refractivity contribution in [3.63, 3.8) is 0 Å². The zero-order valence-corrected chi connectivity index (χ0v) is 12.1. The Morgan fingerprint density at radius 3 is 2.33 bits per heavy atom. The molecule has 0 bridgehead atoms. The average molecular weight is 301 g/mol. The lowest BCUT2D eigenvalue weighted by atomic mass is 10.1. The maximum Gasteiger partial charge on any atom is 0.0657 e. The van der Waals surface area contributed by atoms with Gasteiger partial charge in [-0.1, -0.05) is 53.0 Å². The van der Waals surface area contributed by atoms with Crippen LogP contribution in [0.25, 0.3) is 0 Å². The van der Waals surface area contributed by atoms with E-state index in [2.05, 4.69) is 5.32 Å². The van der Waals surface area contributed by atoms with E-state index < -0.39 is 0 Å². The van der Waals surface area contributed by atoms with E-state index in [9.17, 15) is 0 Å². The molecule has 0 aliphatic rings. The number of benzene rings is 2. The van der Waals surface area contributed by atoms with Crippen molar-refractivity contribution in [2.24, 2.45) is 0 Å². The summed E-state index contributed by atoms with van der Waals surface area (Å²) < 4.78 is 0. The molecule has 2 rings (SSSR count). The van der Waals surface area contributed by atoms with Gasteiger partial charge in [0.1, 0.15) is 0 Å². The molecule has 0 amide bonds. The monoisotopic (exact) mass is 299 g/mol. The van der Waals surface area contributed by atoms with E-state index in [1.54, 1.807) is 12.1 Å². The number of halogens is 3. The third kappa shape index (κ3) is 2.92. The highest BCUT2D eigenvalue weighted by molar-refractivity contribution is 6.44. The highest BCUT2D eigenvalue weighted by Gasteiger charge is 2.09. The molecule has 0 heterocycles. The Morgan fingerprint density at radius 2 is 1.61 bits per heavy atom. The minimum absolute atomic E-state index is 0.505. The van der Waals surface area contributed by atoms with E-state index in [4.69, 9.17) is 34.8 Å². The van der Waals surface area contributed by atoms with Crippen molar-refractivity contribution in [2.45, 2.75) is 13.5 Å². The molecule has 0 aromatic heterocycles. The lowest BCUT2D eigenvalue weighted by molar-refractivity contribution is 1.14. The van der Waals surface area contributed by atoms with Crippen molar-refractivity contribution >= 4 is 40.5 Å². The summed E-state index contributed by atoms with van der Waals surface area (Å²) in [5.74, 6) is 0. The summed E-state index contributed by atoms with van der Waals surface area (Å²) in [6.07, 6.45) is 0. The Morgan fingerprint density at radius 1 is 0.944 bits per heavy atom. The SMILES string of the molecule is Cc1ccccc1NCc1c(Cl)ccc(Cl)c1Cl. The molecule has 0 aliphatic carbocycles. The summed E-state index contributed by atoms with van der Waals surface area (Å²) in [4.78, 5) is 0. The Kier molecular flexibility index (Phi) is 4.39. The van der Waals surface area contributed by atoms with Gasteiger partial charge < -0.3 is 5.32 Å². The van der Waals surface area contributed by atoms with Crippen molar-refractivity contribution < 1.29 is 0 Å². The van der Waals surface area contributed by atoms with Crippen molar-refractivity contribution in [2.75, 3.05) is 5.32 Å². The molecule has 94 valence electrons. The summed E-state index contributed by atoms with van der Waals surface area (Å²) in [6, 6.07) is 11.5. The molecule has 0 atom stereocenters. The third-order valence-electron chi connectivity index (χ3n) is 2.74. The van der Waals surface area contributed by atoms with E-state index in [1.165, 1.54) is 5.56 Å². The van der Waals surface area contributed by atoms with Crippen LogP contribution in [0.2, 0.25) is 15.1 Å². The molecule has 0 saturated carbocycles. The third-order valence-corrected chi connectivity index (χ3v) is 3.94. The maximum absolute atomic E-state index is 6.15. The largest absolute Gasteiger partial charge is 0.381 e. The smallest absolute Gasteiger partial charge is 0.0657 e. The van der Waals surface area contributed by atoms with Crippen LogP contribution in [0, 0.1) is 6.92 Å². The zero-order chi connectivity index (χ0) is 13.1. The number of rotatable bonds is 3. The van der Waals surface area contributed by atoms with Crippen molar-refractivity contribution in [1.29, 1.82) is 0 Å². The predicted octanol–water partition coefficient (Wildman–Crippen LogP) is 5.57. The number of para-hydroxylation sites is 1. The van der Waals surface area contributed by atoms with Crippen LogP contribution in [-0.4, -0.2) is 0 Å². The first kappa shape index (κ1) is 13.5. The molecule has 0 unspecified atom stereocenters. The number of hydrogen-bond donors (Lipinski definition) is 1. The van der Waals surface area contributed by atoms with E-state index in [-0.39, 0.29) is 0 Å². The first-order valence-electron chi connectivity index (χ1n) is 5.51. The number of aryl methyl sites for hydroxylation is 1. The van der Waals surface area contributed by atoms with Crippen molar-refractivity contribution in [3.05, 3.63) is 62.6 Å². The predicted molar refractivity (Wildman–Crippen MR) is 80.0 cm³/mol. The van der Waals surface area contributed by atoms with Crippen LogP contribution in [0.1, 0.15) is 11.1 Å². The fourth-order valence-electron chi connectivity index (χ4n) is 1.69. The first-order chi connectivity index (χ1) is 8.59. The molecule has 4 heteroatoms. The quantitative estimate of drug-likeness (QED) is 0.731. The number of nitrogens with one attached hydrogen (secondary N) is 1. The number of anilines is 1. The summed E-state index contributed by atoms with van der Waals surface area (Å²) in [5.41, 5.74) is 3.05. The summed E-state index contributed by atoms with van der Waals surface area (Å²) in [7, 11) is 0. The van der Waals surface area contributed by atoms with Gasteiger partial charge in [0.05, 0.1) is 10.0 Å². The molecule has 0 saturated heterocycles. The Balaban J connectivity index is 2.21. The first-order valence-corrected chi connectivity index (χ1v) is 6.65. The fourth-order valence-corrected chi connectivity index (χ4v) is 2.37. The van der Waals surface area contributed by atoms with Gasteiger partial charge in [-0.25, -0.2) is 0 Å². The molecule has 0 fully saturated rings. The van der Waals surface area contributed by atoms with Crippen molar-refractivity contribution in [3.8, 4) is 0 Å². The second-order valence-electron chi connectivity index (χ2n) is 3.99. The van der Waals surface area contributed by atoms with E-state index in [0.29, 0.717) is 21.6 Å². The minimum Gasteiger partial charge on any atom is -0.381 e. The second kappa shape index (κ2) is 5.83. The van der Waals surface area contributed by atoms with Gasteiger partial charge in [-0.05, 0) is 30.7 Å². The van der Waals surface area contributed by atoms with Gasteiger partial charge in [0, 0.05) is 22.8 Å². The molecule has 0 aliphatic heterocycles. The molecule has 0 spiro atoms. The second-order valence-corrected chi connectivity index (χ2v) is 5.18. The van der Waals surface area contributed by atoms with Crippen LogP contribution in [0.4, 0.5) is 5.69 Å². The molecule has 1 nitrogen and oxygen atoms in total. The summed E-state index contributed by atoms with van der Waals surface area (Å²) >= 11 is 18.3. The summed E-state index contributed by atoms with van der Waals surface area (Å²) in [6.45, 7) is 2.59. The van der Waals surface area contributed by atoms with E-state index >= 15 is 0 Å². The Hall–Kier alpha value is -0.890. The van der Waals surface area contributed by atoms with Gasteiger partial charge in [-0.2, -0.15) is 0 Å². The Labute approximate surface area is 122 Å². The van der Waals surface area contributed by atoms with Gasteiger partial charge in [-0.3, -0.25) is 0 Å². The lowest BCUT2D eigenvalue weighted by Crippen LogP contribution is -2.02. The average Bonchev–Trinajstić information content (AvgIpc) is 2.36. The minimum atomic E-state index is 0.505. The standard InChI is InChI=1S/C14H12Cl3N/c1-9-4-2-3-5-13(9)18-8-10-11(15)6-7-12(16)14(10)17/h2-7,18H,8H2,1H3. The van der Waals surface area contributed by atoms with Gasteiger partial charge in [0.15, 0.2) is 0 Å². The van der Waals surface area contributed by atoms with Gasteiger partial charge in [0.2, 0.25) is 0 Å². The lowest BCUT2D eigenvalue weighted by Gasteiger charge is -2.12. The van der Waals surface area contributed by atoms with Crippen LogP contribution >= 0.6 is 34.8 Å². The maximum atomic E-state index is 6.15. The van der Waals surface area contributed by atoms with Crippen molar-refractivity contribution in [1.82, 2.24) is 0 Å². The molecular formula is C14H12Cl3N. The van der Waals surface area contributed by atoms with Crippen LogP contribution in [0.3, 0.4) is 0 Å². The highest BCUT2D eigenvalue weighted by Crippen LogP contribution is 2.32. The summed E-state index contributed by atoms with van der Waals surface area (Å²) in [5, 5.41) is 4.95. The topological polar surface area (TPSA) is 12.0 Å². The molecule has 2 aromatic rings. The number of hydrogen-bond acceptors (Lipinski definition) is 1. The molecule has 18 heavy (non-hydrogen) atoms. The molecular weight excluding hydrogens is 289 g/mol. The zero-order valence-electron chi connectivity index (χ0n) is 9.81. The Bertz CT molecular complexity index is 567. The van der Waals surface area contributed by atoms with E-state index in [1.807, 2.05) is 31.2 Å². The molecule has 2 aromatic carbocycles. The van der Waals surface area contributed by atoms with E-state index in [0.717, 1.165) is 11.3 Å². The van der Waals surface area contributed by atoms with Gasteiger partial charge in [-0.15, -0.1) is 0 Å². The normalized spacial score (nSPS) is 10.4. The van der Waals surface area contributed by atoms with Crippen LogP contribution < -0.4 is 5.32 Å². The molecule has 1 N–H and O–H groups in total. The molecule has 0 radical (unpaired) electrons. The van der Waals surface area contributed by atoms with Gasteiger partial charge in [0.25, 0.3) is 0 Å². The van der Waals surface area contributed by atoms with Crippen LogP contribution in [0.5, 0.6) is 0 Å². The highest BCUT2D eigenvalue weighted by atomic mass is 35.5. The van der Waals surface area contributed by atoms with Crippen LogP contribution in [-0.2, 0) is 6.54 Å².